The summed E-state index contributed by atoms with van der Waals surface area (Å²) in [5, 5.41) is 9.34. The molecule has 0 spiro atoms. The van der Waals surface area contributed by atoms with Gasteiger partial charge in [0, 0.05) is 18.2 Å². The van der Waals surface area contributed by atoms with Crippen LogP contribution >= 0.6 is 11.6 Å². The number of carbonyl (C=O) groups excluding carboxylic acids is 2. The number of carboxylic acids is 1. The number of nitrogens with zero attached hydrogens (tertiary/aromatic N) is 1. The minimum Gasteiger partial charge on any atom is -0.484 e. The number of carboxylic acid groups (broad SMARTS) is 1. The Bertz CT molecular complexity index is 1090. The smallest absolute Gasteiger partial charge is 0.326 e. The number of ketones is 1. The highest BCUT2D eigenvalue weighted by molar-refractivity contribution is 6.32. The highest BCUT2D eigenvalue weighted by Gasteiger charge is 2.34. The fraction of sp³-hybridized carbons (Fsp3) is 0.227. The van der Waals surface area contributed by atoms with Gasteiger partial charge in [0.15, 0.2) is 12.4 Å². The van der Waals surface area contributed by atoms with Gasteiger partial charge in [-0.2, -0.15) is 0 Å². The molecule has 2 heterocycles. The molecule has 4 rings (SSSR count). The number of hydrogen-bond acceptors (Lipinski definition) is 5. The van der Waals surface area contributed by atoms with Gasteiger partial charge >= 0.3 is 5.97 Å². The summed E-state index contributed by atoms with van der Waals surface area (Å²) in [5.41, 5.74) is 0.309. The Morgan fingerprint density at radius 1 is 1.32 bits per heavy atom. The van der Waals surface area contributed by atoms with E-state index in [9.17, 15) is 23.9 Å². The monoisotopic (exact) mass is 445 g/mol. The lowest BCUT2D eigenvalue weighted by molar-refractivity contribution is -0.148. The van der Waals surface area contributed by atoms with E-state index >= 15 is 0 Å². The topological polar surface area (TPSA) is 93.1 Å². The Kier molecular flexibility index (Phi) is 5.65. The van der Waals surface area contributed by atoms with Crippen LogP contribution in [-0.2, 0) is 9.59 Å². The summed E-state index contributed by atoms with van der Waals surface area (Å²) in [7, 11) is 0. The van der Waals surface area contributed by atoms with E-state index in [1.165, 1.54) is 47.4 Å². The molecular formula is C22H17ClFNO6. The number of Topliss-reactive ketones (excluding diaryl/α,β-unsaturated/α-hetero) is 1. The molecule has 2 aromatic carbocycles. The van der Waals surface area contributed by atoms with Gasteiger partial charge in [-0.15, -0.1) is 0 Å². The van der Waals surface area contributed by atoms with E-state index in [1.807, 2.05) is 0 Å². The van der Waals surface area contributed by atoms with Crippen LogP contribution in [-0.4, -0.2) is 46.9 Å². The highest BCUT2D eigenvalue weighted by atomic mass is 35.5. The van der Waals surface area contributed by atoms with Crippen molar-refractivity contribution in [2.45, 2.75) is 18.9 Å². The predicted molar refractivity (Wildman–Crippen MR) is 109 cm³/mol. The fourth-order valence-corrected chi connectivity index (χ4v) is 3.80. The standard InChI is InChI=1S/C22H17ClFNO6/c23-15-3-1-4-16(24)14(15)10-19-21(27)13-7-6-12(9-18(13)31-19)30-11-20(26)25-8-2-5-17(25)22(28)29/h1,3-4,6-7,9-10,17H,2,5,8,11H2,(H,28,29). The van der Waals surface area contributed by atoms with E-state index in [4.69, 9.17) is 21.1 Å². The minimum absolute atomic E-state index is 0.0426. The van der Waals surface area contributed by atoms with E-state index in [0.717, 1.165) is 0 Å². The van der Waals surface area contributed by atoms with Gasteiger partial charge in [-0.3, -0.25) is 9.59 Å². The number of ether oxygens (including phenoxy) is 2. The number of amides is 1. The zero-order valence-corrected chi connectivity index (χ0v) is 16.9. The molecule has 0 aromatic heterocycles. The Labute approximate surface area is 181 Å². The lowest BCUT2D eigenvalue weighted by Gasteiger charge is -2.21. The molecule has 1 saturated heterocycles. The SMILES string of the molecule is O=C1C(=Cc2c(F)cccc2Cl)Oc2cc(OCC(=O)N3CCCC3C(=O)O)ccc21. The molecular weight excluding hydrogens is 429 g/mol. The highest BCUT2D eigenvalue weighted by Crippen LogP contribution is 2.36. The number of aliphatic carboxylic acids is 1. The van der Waals surface area contributed by atoms with E-state index in [1.54, 1.807) is 0 Å². The van der Waals surface area contributed by atoms with E-state index in [2.05, 4.69) is 0 Å². The van der Waals surface area contributed by atoms with Crippen LogP contribution in [0.15, 0.2) is 42.2 Å². The first-order valence-electron chi connectivity index (χ1n) is 9.52. The number of benzene rings is 2. The summed E-state index contributed by atoms with van der Waals surface area (Å²) in [6, 6.07) is 7.78. The van der Waals surface area contributed by atoms with Gasteiger partial charge in [0.1, 0.15) is 23.4 Å². The third kappa shape index (κ3) is 4.11. The maximum absolute atomic E-state index is 14.0. The fourth-order valence-electron chi connectivity index (χ4n) is 3.59. The van der Waals surface area contributed by atoms with Crippen LogP contribution in [0.3, 0.4) is 0 Å². The molecule has 31 heavy (non-hydrogen) atoms. The van der Waals surface area contributed by atoms with E-state index in [0.29, 0.717) is 19.4 Å². The van der Waals surface area contributed by atoms with Crippen LogP contribution in [0.1, 0.15) is 28.8 Å². The van der Waals surface area contributed by atoms with Gasteiger partial charge in [0.05, 0.1) is 10.6 Å². The Morgan fingerprint density at radius 3 is 2.87 bits per heavy atom. The summed E-state index contributed by atoms with van der Waals surface area (Å²) < 4.78 is 25.1. The van der Waals surface area contributed by atoms with Crippen LogP contribution in [0.25, 0.3) is 6.08 Å². The molecule has 0 radical (unpaired) electrons. The summed E-state index contributed by atoms with van der Waals surface area (Å²) >= 11 is 6.00. The van der Waals surface area contributed by atoms with Crippen molar-refractivity contribution in [3.63, 3.8) is 0 Å². The molecule has 0 saturated carbocycles. The number of halogens is 2. The first-order valence-corrected chi connectivity index (χ1v) is 9.90. The lowest BCUT2D eigenvalue weighted by atomic mass is 10.1. The van der Waals surface area contributed by atoms with Crippen LogP contribution in [0.2, 0.25) is 5.02 Å². The van der Waals surface area contributed by atoms with Crippen molar-refractivity contribution >= 4 is 35.3 Å². The molecule has 1 atom stereocenters. The largest absolute Gasteiger partial charge is 0.484 e. The van der Waals surface area contributed by atoms with Crippen molar-refractivity contribution in [3.05, 3.63) is 64.1 Å². The average molecular weight is 446 g/mol. The van der Waals surface area contributed by atoms with Crippen molar-refractivity contribution in [1.29, 1.82) is 0 Å². The number of hydrogen-bond donors (Lipinski definition) is 1. The molecule has 2 aromatic rings. The number of fused-ring (bicyclic) bond motifs is 1. The van der Waals surface area contributed by atoms with Crippen molar-refractivity contribution in [2.24, 2.45) is 0 Å². The summed E-state index contributed by atoms with van der Waals surface area (Å²) in [6.45, 7) is 0.0256. The third-order valence-electron chi connectivity index (χ3n) is 5.14. The van der Waals surface area contributed by atoms with Gasteiger partial charge in [-0.1, -0.05) is 17.7 Å². The lowest BCUT2D eigenvalue weighted by Crippen LogP contribution is -2.42. The quantitative estimate of drug-likeness (QED) is 0.707. The normalized spacial score (nSPS) is 18.8. The Morgan fingerprint density at radius 2 is 2.13 bits per heavy atom. The molecule has 2 aliphatic rings. The summed E-state index contributed by atoms with van der Waals surface area (Å²) in [4.78, 5) is 37.4. The van der Waals surface area contributed by atoms with Crippen molar-refractivity contribution in [1.82, 2.24) is 4.90 Å². The maximum atomic E-state index is 14.0. The van der Waals surface area contributed by atoms with Gasteiger partial charge < -0.3 is 19.5 Å². The van der Waals surface area contributed by atoms with E-state index < -0.39 is 29.5 Å². The van der Waals surface area contributed by atoms with Crippen molar-refractivity contribution < 1.29 is 33.4 Å². The first kappa shape index (κ1) is 20.9. The number of likely N-dealkylation sites (tertiary alicyclic amines) is 1. The molecule has 9 heteroatoms. The molecule has 0 aliphatic carbocycles. The van der Waals surface area contributed by atoms with Crippen LogP contribution in [0.4, 0.5) is 4.39 Å². The van der Waals surface area contributed by atoms with Crippen LogP contribution in [0.5, 0.6) is 11.5 Å². The summed E-state index contributed by atoms with van der Waals surface area (Å²) in [5.74, 6) is -2.09. The molecule has 160 valence electrons. The Hall–Kier alpha value is -3.39. The average Bonchev–Trinajstić information content (AvgIpc) is 3.34. The second-order valence-corrected chi connectivity index (χ2v) is 7.51. The molecule has 1 N–H and O–H groups in total. The number of carbonyl (C=O) groups is 3. The van der Waals surface area contributed by atoms with E-state index in [-0.39, 0.29) is 40.0 Å². The number of allylic oxidation sites excluding steroid dienone is 1. The molecule has 7 nitrogen and oxygen atoms in total. The first-order chi connectivity index (χ1) is 14.8. The van der Waals surface area contributed by atoms with Crippen molar-refractivity contribution in [3.8, 4) is 11.5 Å². The van der Waals surface area contributed by atoms with Crippen LogP contribution in [0, 0.1) is 5.82 Å². The second kappa shape index (κ2) is 8.39. The maximum Gasteiger partial charge on any atom is 0.326 e. The van der Waals surface area contributed by atoms with Crippen LogP contribution < -0.4 is 9.47 Å². The summed E-state index contributed by atoms with van der Waals surface area (Å²) in [6.07, 6.45) is 2.28. The van der Waals surface area contributed by atoms with Crippen molar-refractivity contribution in [2.75, 3.05) is 13.2 Å². The zero-order chi connectivity index (χ0) is 22.1. The minimum atomic E-state index is -1.04. The second-order valence-electron chi connectivity index (χ2n) is 7.11. The Balaban J connectivity index is 1.47. The predicted octanol–water partition coefficient (Wildman–Crippen LogP) is 3.55. The van der Waals surface area contributed by atoms with Gasteiger partial charge in [0.2, 0.25) is 5.78 Å². The molecule has 0 bridgehead atoms. The number of rotatable bonds is 5. The van der Waals surface area contributed by atoms with Gasteiger partial charge in [-0.25, -0.2) is 9.18 Å². The molecule has 1 fully saturated rings. The van der Waals surface area contributed by atoms with Gasteiger partial charge in [0.25, 0.3) is 5.91 Å². The molecule has 1 unspecified atom stereocenters. The third-order valence-corrected chi connectivity index (χ3v) is 5.47. The molecule has 2 aliphatic heterocycles. The van der Waals surface area contributed by atoms with Gasteiger partial charge in [-0.05, 0) is 43.2 Å². The zero-order valence-electron chi connectivity index (χ0n) is 16.1. The molecule has 1 amide bonds.